The van der Waals surface area contributed by atoms with E-state index in [-0.39, 0.29) is 0 Å². The molecule has 0 bridgehead atoms. The van der Waals surface area contributed by atoms with Crippen LogP contribution in [-0.2, 0) is 12.8 Å². The van der Waals surface area contributed by atoms with Gasteiger partial charge in [-0.1, -0.05) is 62.4 Å². The van der Waals surface area contributed by atoms with Crippen molar-refractivity contribution in [3.05, 3.63) is 107 Å². The van der Waals surface area contributed by atoms with E-state index in [0.717, 1.165) is 57.3 Å². The molecule has 0 aliphatic heterocycles. The van der Waals surface area contributed by atoms with Crippen molar-refractivity contribution >= 4 is 34.4 Å². The molecule has 0 unspecified atom stereocenters. The highest BCUT2D eigenvalue weighted by Crippen LogP contribution is 2.27. The van der Waals surface area contributed by atoms with E-state index in [2.05, 4.69) is 84.5 Å². The van der Waals surface area contributed by atoms with E-state index in [1.54, 1.807) is 0 Å². The smallest absolute Gasteiger partial charge is 0.227 e. The highest BCUT2D eigenvalue weighted by molar-refractivity contribution is 5.79. The lowest BCUT2D eigenvalue weighted by Crippen LogP contribution is -1.80. The summed E-state index contributed by atoms with van der Waals surface area (Å²) in [6, 6.07) is 28.9. The molecule has 6 rings (SSSR count). The number of benzene rings is 4. The molecule has 0 N–H and O–H groups in total. The predicted octanol–water partition coefficient (Wildman–Crippen LogP) is 8.60. The summed E-state index contributed by atoms with van der Waals surface area (Å²) in [4.78, 5) is 9.28. The molecule has 0 radical (unpaired) electrons. The fourth-order valence-corrected chi connectivity index (χ4v) is 4.29. The van der Waals surface area contributed by atoms with Crippen molar-refractivity contribution in [2.45, 2.75) is 26.7 Å². The lowest BCUT2D eigenvalue weighted by molar-refractivity contribution is 0.619. The van der Waals surface area contributed by atoms with Gasteiger partial charge in [-0.25, -0.2) is 9.97 Å². The molecule has 2 heterocycles. The summed E-state index contributed by atoms with van der Waals surface area (Å²) in [6.07, 6.45) is 6.16. The lowest BCUT2D eigenvalue weighted by Gasteiger charge is -1.99. The van der Waals surface area contributed by atoms with E-state index in [0.29, 0.717) is 11.8 Å². The number of hydrogen-bond donors (Lipinski definition) is 0. The van der Waals surface area contributed by atoms with Crippen molar-refractivity contribution in [3.8, 4) is 22.9 Å². The molecule has 0 atom stereocenters. The van der Waals surface area contributed by atoms with Gasteiger partial charge in [-0.3, -0.25) is 0 Å². The average molecular weight is 471 g/mol. The molecule has 4 aromatic carbocycles. The number of hydrogen-bond acceptors (Lipinski definition) is 4. The van der Waals surface area contributed by atoms with Crippen LogP contribution in [0.15, 0.2) is 93.8 Å². The van der Waals surface area contributed by atoms with Gasteiger partial charge in [0.1, 0.15) is 11.0 Å². The van der Waals surface area contributed by atoms with E-state index < -0.39 is 0 Å². The number of oxazole rings is 2. The molecule has 0 saturated carbocycles. The molecule has 0 spiro atoms. The van der Waals surface area contributed by atoms with E-state index in [9.17, 15) is 0 Å². The Morgan fingerprint density at radius 3 is 1.36 bits per heavy atom. The first kappa shape index (κ1) is 22.1. The zero-order chi connectivity index (χ0) is 24.5. The van der Waals surface area contributed by atoms with Crippen molar-refractivity contribution in [1.82, 2.24) is 9.97 Å². The van der Waals surface area contributed by atoms with Crippen LogP contribution in [0.25, 0.3) is 57.3 Å². The van der Waals surface area contributed by atoms with E-state index in [1.807, 2.05) is 36.4 Å². The van der Waals surface area contributed by atoms with Gasteiger partial charge in [0.2, 0.25) is 11.8 Å². The third-order valence-electron chi connectivity index (χ3n) is 6.51. The lowest BCUT2D eigenvalue weighted by atomic mass is 10.1. The first-order valence-electron chi connectivity index (χ1n) is 12.4. The quantitative estimate of drug-likeness (QED) is 0.229. The minimum atomic E-state index is 0.648. The van der Waals surface area contributed by atoms with Gasteiger partial charge in [-0.2, -0.15) is 0 Å². The molecule has 0 aliphatic rings. The Hall–Kier alpha value is -4.44. The Bertz CT molecular complexity index is 1560. The number of fused-ring (bicyclic) bond motifs is 2. The summed E-state index contributed by atoms with van der Waals surface area (Å²) in [6.45, 7) is 4.28. The van der Waals surface area contributed by atoms with Gasteiger partial charge in [0.15, 0.2) is 11.2 Å². The Morgan fingerprint density at radius 1 is 0.556 bits per heavy atom. The van der Waals surface area contributed by atoms with Gasteiger partial charge in [0, 0.05) is 11.1 Å². The monoisotopic (exact) mass is 470 g/mol. The maximum atomic E-state index is 6.00. The first-order valence-corrected chi connectivity index (χ1v) is 12.4. The standard InChI is InChI=1S/C32H26N2O2/c1-3-21-11-17-27-29(19-21)35-31(33-27)25-13-7-23(8-14-25)5-6-24-9-15-26(16-10-24)32-34-28-18-12-22(4-2)20-30(28)36-32/h5-20H,3-4H2,1-2H3/b6-5+. The topological polar surface area (TPSA) is 52.1 Å². The Labute approximate surface area is 209 Å². The summed E-state index contributed by atoms with van der Waals surface area (Å²) in [7, 11) is 0. The largest absolute Gasteiger partial charge is 0.436 e. The van der Waals surface area contributed by atoms with Crippen LogP contribution in [0.1, 0.15) is 36.1 Å². The van der Waals surface area contributed by atoms with Crippen molar-refractivity contribution < 1.29 is 8.83 Å². The molecule has 176 valence electrons. The highest BCUT2D eigenvalue weighted by atomic mass is 16.4. The fourth-order valence-electron chi connectivity index (χ4n) is 4.29. The molecule has 0 saturated heterocycles. The Morgan fingerprint density at radius 2 is 0.972 bits per heavy atom. The van der Waals surface area contributed by atoms with Crippen LogP contribution in [0.2, 0.25) is 0 Å². The minimum absolute atomic E-state index is 0.648. The number of aryl methyl sites for hydroxylation is 2. The summed E-state index contributed by atoms with van der Waals surface area (Å²) >= 11 is 0. The van der Waals surface area contributed by atoms with Gasteiger partial charge >= 0.3 is 0 Å². The van der Waals surface area contributed by atoms with E-state index in [1.165, 1.54) is 11.1 Å². The van der Waals surface area contributed by atoms with Crippen LogP contribution in [0.5, 0.6) is 0 Å². The molecule has 4 nitrogen and oxygen atoms in total. The summed E-state index contributed by atoms with van der Waals surface area (Å²) in [5, 5.41) is 0. The zero-order valence-corrected chi connectivity index (χ0v) is 20.4. The van der Waals surface area contributed by atoms with Crippen molar-refractivity contribution in [3.63, 3.8) is 0 Å². The third-order valence-corrected chi connectivity index (χ3v) is 6.51. The predicted molar refractivity (Wildman–Crippen MR) is 147 cm³/mol. The minimum Gasteiger partial charge on any atom is -0.436 e. The molecule has 2 aromatic heterocycles. The maximum absolute atomic E-state index is 6.00. The molecule has 0 amide bonds. The fraction of sp³-hybridized carbons (Fsp3) is 0.125. The van der Waals surface area contributed by atoms with E-state index >= 15 is 0 Å². The van der Waals surface area contributed by atoms with Gasteiger partial charge in [0.25, 0.3) is 0 Å². The van der Waals surface area contributed by atoms with Crippen LogP contribution >= 0.6 is 0 Å². The van der Waals surface area contributed by atoms with E-state index in [4.69, 9.17) is 8.83 Å². The second-order valence-corrected chi connectivity index (χ2v) is 8.93. The van der Waals surface area contributed by atoms with Crippen LogP contribution in [0.3, 0.4) is 0 Å². The summed E-state index contributed by atoms with van der Waals surface area (Å²) in [5.41, 5.74) is 10.1. The SMILES string of the molecule is CCc1ccc2nc(-c3ccc(/C=C/c4ccc(-c5nc6ccc(CC)cc6o5)cc4)cc3)oc2c1. The third kappa shape index (κ3) is 4.34. The molecule has 6 aromatic rings. The zero-order valence-electron chi connectivity index (χ0n) is 20.4. The van der Waals surface area contributed by atoms with Gasteiger partial charge in [-0.15, -0.1) is 0 Å². The van der Waals surface area contributed by atoms with Gasteiger partial charge in [0.05, 0.1) is 0 Å². The van der Waals surface area contributed by atoms with Gasteiger partial charge < -0.3 is 8.83 Å². The molecule has 4 heteroatoms. The Balaban J connectivity index is 1.17. The molecule has 36 heavy (non-hydrogen) atoms. The number of aromatic nitrogens is 2. The summed E-state index contributed by atoms with van der Waals surface area (Å²) in [5.74, 6) is 1.30. The van der Waals surface area contributed by atoms with Crippen molar-refractivity contribution in [2.75, 3.05) is 0 Å². The highest BCUT2D eigenvalue weighted by Gasteiger charge is 2.10. The van der Waals surface area contributed by atoms with Crippen LogP contribution in [-0.4, -0.2) is 9.97 Å². The van der Waals surface area contributed by atoms with Crippen molar-refractivity contribution in [1.29, 1.82) is 0 Å². The maximum Gasteiger partial charge on any atom is 0.227 e. The summed E-state index contributed by atoms with van der Waals surface area (Å²) < 4.78 is 12.0. The number of rotatable bonds is 6. The Kier molecular flexibility index (Phi) is 5.70. The van der Waals surface area contributed by atoms with Crippen LogP contribution < -0.4 is 0 Å². The molecule has 0 aliphatic carbocycles. The second kappa shape index (κ2) is 9.31. The molecular weight excluding hydrogens is 444 g/mol. The molecular formula is C32H26N2O2. The second-order valence-electron chi connectivity index (χ2n) is 8.93. The average Bonchev–Trinajstić information content (AvgIpc) is 3.56. The van der Waals surface area contributed by atoms with Crippen molar-refractivity contribution in [2.24, 2.45) is 0 Å². The first-order chi connectivity index (χ1) is 17.7. The molecule has 0 fully saturated rings. The number of nitrogens with zero attached hydrogens (tertiary/aromatic N) is 2. The van der Waals surface area contributed by atoms with Crippen LogP contribution in [0.4, 0.5) is 0 Å². The normalized spacial score (nSPS) is 11.7. The van der Waals surface area contributed by atoms with Gasteiger partial charge in [-0.05, 0) is 83.6 Å². The van der Waals surface area contributed by atoms with Crippen LogP contribution in [0, 0.1) is 0 Å².